The Hall–Kier alpha value is -2.30. The molecule has 4 rings (SSSR count). The number of nitrogens with zero attached hydrogens (tertiary/aromatic N) is 3. The zero-order valence-corrected chi connectivity index (χ0v) is 19.8. The predicted octanol–water partition coefficient (Wildman–Crippen LogP) is 3.20. The molecular formula is C24H30Cl2N4O2. The van der Waals surface area contributed by atoms with Gasteiger partial charge in [-0.1, -0.05) is 24.3 Å². The Morgan fingerprint density at radius 1 is 1.06 bits per heavy atom. The number of likely N-dealkylation sites (N-methyl/N-ethyl adjacent to an activating group) is 1. The molecule has 32 heavy (non-hydrogen) atoms. The Bertz CT molecular complexity index is 907. The van der Waals surface area contributed by atoms with Gasteiger partial charge in [-0.15, -0.1) is 24.8 Å². The van der Waals surface area contributed by atoms with Crippen molar-refractivity contribution in [2.24, 2.45) is 0 Å². The topological polar surface area (TPSA) is 68.6 Å². The molecule has 2 unspecified atom stereocenters. The van der Waals surface area contributed by atoms with Gasteiger partial charge in [-0.25, -0.2) is 0 Å². The number of hydrogen-bond acceptors (Lipinski definition) is 5. The monoisotopic (exact) mass is 476 g/mol. The summed E-state index contributed by atoms with van der Waals surface area (Å²) < 4.78 is 5.85. The maximum atomic E-state index is 12.4. The van der Waals surface area contributed by atoms with E-state index in [2.05, 4.69) is 35.5 Å². The molecule has 1 aliphatic heterocycles. The van der Waals surface area contributed by atoms with Crippen LogP contribution in [0.3, 0.4) is 0 Å². The number of nitrogens with one attached hydrogen (secondary N) is 1. The average Bonchev–Trinajstić information content (AvgIpc) is 3.57. The number of carbonyl (C=O) groups excluding carboxylic acids is 1. The van der Waals surface area contributed by atoms with E-state index in [1.807, 2.05) is 29.2 Å². The molecule has 1 N–H and O–H groups in total. The molecule has 2 atom stereocenters. The molecule has 0 spiro atoms. The van der Waals surface area contributed by atoms with Crippen LogP contribution in [0.5, 0.6) is 5.75 Å². The minimum Gasteiger partial charge on any atom is -0.489 e. The first kappa shape index (κ1) is 26.0. The van der Waals surface area contributed by atoms with E-state index in [1.165, 1.54) is 5.56 Å². The second-order valence-electron chi connectivity index (χ2n) is 8.18. The first-order valence-corrected chi connectivity index (χ1v) is 10.5. The van der Waals surface area contributed by atoms with Crippen molar-refractivity contribution >= 4 is 30.7 Å². The lowest BCUT2D eigenvalue weighted by Gasteiger charge is -2.32. The molecule has 2 aliphatic rings. The molecule has 2 fully saturated rings. The van der Waals surface area contributed by atoms with Crippen molar-refractivity contribution in [1.82, 2.24) is 15.1 Å². The Labute approximate surface area is 202 Å². The van der Waals surface area contributed by atoms with E-state index >= 15 is 0 Å². The maximum absolute atomic E-state index is 12.4. The van der Waals surface area contributed by atoms with Crippen molar-refractivity contribution in [1.29, 1.82) is 5.26 Å². The highest BCUT2D eigenvalue weighted by Gasteiger charge is 2.38. The van der Waals surface area contributed by atoms with Crippen LogP contribution in [0.2, 0.25) is 0 Å². The van der Waals surface area contributed by atoms with E-state index in [0.29, 0.717) is 30.7 Å². The van der Waals surface area contributed by atoms with Gasteiger partial charge in [-0.2, -0.15) is 5.26 Å². The van der Waals surface area contributed by atoms with Crippen LogP contribution in [0.1, 0.15) is 29.0 Å². The third-order valence-corrected chi connectivity index (χ3v) is 5.96. The van der Waals surface area contributed by atoms with Gasteiger partial charge in [-0.05, 0) is 48.9 Å². The first-order chi connectivity index (χ1) is 14.6. The summed E-state index contributed by atoms with van der Waals surface area (Å²) in [6.07, 6.45) is 1.07. The first-order valence-electron chi connectivity index (χ1n) is 10.5. The lowest BCUT2D eigenvalue weighted by Crippen LogP contribution is -2.49. The maximum Gasteiger partial charge on any atom is 0.236 e. The number of piperazine rings is 1. The summed E-state index contributed by atoms with van der Waals surface area (Å²) in [6.45, 7) is 4.47. The molecule has 0 aromatic heterocycles. The number of hydrogen-bond donors (Lipinski definition) is 1. The second-order valence-corrected chi connectivity index (χ2v) is 8.18. The molecule has 2 aromatic carbocycles. The molecule has 0 radical (unpaired) electrons. The third kappa shape index (κ3) is 6.85. The van der Waals surface area contributed by atoms with Crippen molar-refractivity contribution in [3.05, 3.63) is 65.2 Å². The second kappa shape index (κ2) is 12.1. The number of amides is 1. The summed E-state index contributed by atoms with van der Waals surface area (Å²) in [7, 11) is 2.10. The summed E-state index contributed by atoms with van der Waals surface area (Å²) >= 11 is 0. The summed E-state index contributed by atoms with van der Waals surface area (Å²) in [5.74, 6) is 1.51. The van der Waals surface area contributed by atoms with Gasteiger partial charge in [0.25, 0.3) is 0 Å². The zero-order chi connectivity index (χ0) is 20.9. The van der Waals surface area contributed by atoms with Gasteiger partial charge in [0.1, 0.15) is 12.4 Å². The largest absolute Gasteiger partial charge is 0.489 e. The highest BCUT2D eigenvalue weighted by molar-refractivity contribution is 5.85. The summed E-state index contributed by atoms with van der Waals surface area (Å²) in [5, 5.41) is 12.3. The molecule has 1 amide bonds. The van der Waals surface area contributed by atoms with Crippen molar-refractivity contribution in [2.45, 2.75) is 25.0 Å². The van der Waals surface area contributed by atoms with E-state index in [0.717, 1.165) is 43.9 Å². The Morgan fingerprint density at radius 2 is 1.72 bits per heavy atom. The van der Waals surface area contributed by atoms with E-state index in [9.17, 15) is 4.79 Å². The van der Waals surface area contributed by atoms with Crippen molar-refractivity contribution in [3.63, 3.8) is 0 Å². The smallest absolute Gasteiger partial charge is 0.236 e. The van der Waals surface area contributed by atoms with Crippen LogP contribution in [0.15, 0.2) is 48.5 Å². The predicted molar refractivity (Wildman–Crippen MR) is 130 cm³/mol. The van der Waals surface area contributed by atoms with E-state index in [-0.39, 0.29) is 30.7 Å². The quantitative estimate of drug-likeness (QED) is 0.664. The molecule has 1 saturated carbocycles. The average molecular weight is 477 g/mol. The van der Waals surface area contributed by atoms with Crippen LogP contribution in [0, 0.1) is 11.3 Å². The van der Waals surface area contributed by atoms with Gasteiger partial charge in [0.05, 0.1) is 18.2 Å². The number of halogens is 2. The summed E-state index contributed by atoms with van der Waals surface area (Å²) in [6, 6.07) is 18.2. The van der Waals surface area contributed by atoms with Crippen molar-refractivity contribution < 1.29 is 9.53 Å². The van der Waals surface area contributed by atoms with E-state index < -0.39 is 0 Å². The Kier molecular flexibility index (Phi) is 9.80. The number of rotatable bonds is 7. The highest BCUT2D eigenvalue weighted by Crippen LogP contribution is 2.41. The molecule has 0 bridgehead atoms. The van der Waals surface area contributed by atoms with Crippen LogP contribution in [0.25, 0.3) is 0 Å². The van der Waals surface area contributed by atoms with Crippen LogP contribution in [0.4, 0.5) is 0 Å². The Morgan fingerprint density at radius 3 is 2.34 bits per heavy atom. The van der Waals surface area contributed by atoms with Gasteiger partial charge >= 0.3 is 0 Å². The van der Waals surface area contributed by atoms with Crippen LogP contribution in [-0.4, -0.2) is 61.5 Å². The van der Waals surface area contributed by atoms with Gasteiger partial charge in [0.15, 0.2) is 0 Å². The fourth-order valence-electron chi connectivity index (χ4n) is 3.83. The molecular weight excluding hydrogens is 447 g/mol. The standard InChI is InChI=1S/C24H28N4O2.2ClH/c1-27-10-12-28(13-11-27)24(29)16-26-23-14-22(23)20-6-8-21(9-7-20)30-17-19-4-2-18(15-25)3-5-19;;/h2-9,22-23,26H,10-14,16-17H2,1H3;2*1H. The molecule has 8 heteroatoms. The molecule has 172 valence electrons. The molecule has 1 heterocycles. The highest BCUT2D eigenvalue weighted by atomic mass is 35.5. The minimum atomic E-state index is 0. The molecule has 6 nitrogen and oxygen atoms in total. The minimum absolute atomic E-state index is 0. The van der Waals surface area contributed by atoms with Crippen LogP contribution >= 0.6 is 24.8 Å². The lowest BCUT2D eigenvalue weighted by molar-refractivity contribution is -0.131. The lowest BCUT2D eigenvalue weighted by atomic mass is 10.1. The molecule has 1 saturated heterocycles. The van der Waals surface area contributed by atoms with Crippen molar-refractivity contribution in [3.8, 4) is 11.8 Å². The number of carbonyl (C=O) groups is 1. The molecule has 2 aromatic rings. The van der Waals surface area contributed by atoms with Gasteiger partial charge < -0.3 is 19.9 Å². The number of ether oxygens (including phenoxy) is 1. The fraction of sp³-hybridized carbons (Fsp3) is 0.417. The van der Waals surface area contributed by atoms with Gasteiger partial charge in [0.2, 0.25) is 5.91 Å². The SMILES string of the molecule is CN1CCN(C(=O)CNC2CC2c2ccc(OCc3ccc(C#N)cc3)cc2)CC1.Cl.Cl. The zero-order valence-electron chi connectivity index (χ0n) is 18.2. The number of nitriles is 1. The molecule has 1 aliphatic carbocycles. The Balaban J connectivity index is 0.00000181. The van der Waals surface area contributed by atoms with Crippen molar-refractivity contribution in [2.75, 3.05) is 39.8 Å². The summed E-state index contributed by atoms with van der Waals surface area (Å²) in [5.41, 5.74) is 2.97. The van der Waals surface area contributed by atoms with Crippen LogP contribution in [-0.2, 0) is 11.4 Å². The van der Waals surface area contributed by atoms with Gasteiger partial charge in [-0.3, -0.25) is 4.79 Å². The normalized spacial score (nSPS) is 19.8. The van der Waals surface area contributed by atoms with E-state index in [4.69, 9.17) is 10.00 Å². The third-order valence-electron chi connectivity index (χ3n) is 5.96. The fourth-order valence-corrected chi connectivity index (χ4v) is 3.83. The number of benzene rings is 2. The van der Waals surface area contributed by atoms with Crippen LogP contribution < -0.4 is 10.1 Å². The van der Waals surface area contributed by atoms with E-state index in [1.54, 1.807) is 12.1 Å². The van der Waals surface area contributed by atoms with Gasteiger partial charge in [0, 0.05) is 38.1 Å². The summed E-state index contributed by atoms with van der Waals surface area (Å²) in [4.78, 5) is 16.6.